The van der Waals surface area contributed by atoms with Crippen molar-refractivity contribution in [3.05, 3.63) is 102 Å². The van der Waals surface area contributed by atoms with E-state index in [1.165, 1.54) is 15.7 Å². The van der Waals surface area contributed by atoms with Crippen LogP contribution in [0.25, 0.3) is 27.9 Å². The maximum absolute atomic E-state index is 13.7. The van der Waals surface area contributed by atoms with Crippen LogP contribution in [0.5, 0.6) is 5.88 Å². The van der Waals surface area contributed by atoms with Crippen LogP contribution >= 0.6 is 34.5 Å². The van der Waals surface area contributed by atoms with Crippen LogP contribution in [0.2, 0.25) is 9.49 Å². The molecule has 1 N–H and O–H groups in total. The Hall–Kier alpha value is -3.70. The van der Waals surface area contributed by atoms with Crippen molar-refractivity contribution in [2.75, 3.05) is 0 Å². The summed E-state index contributed by atoms with van der Waals surface area (Å²) in [5.41, 5.74) is 4.19. The first kappa shape index (κ1) is 24.0. The lowest BCUT2D eigenvalue weighted by atomic mass is 9.96. The highest BCUT2D eigenvalue weighted by molar-refractivity contribution is 7.15. The van der Waals surface area contributed by atoms with Crippen LogP contribution in [-0.4, -0.2) is 14.5 Å². The Balaban J connectivity index is 1.81. The predicted octanol–water partition coefficient (Wildman–Crippen LogP) is 5.93. The van der Waals surface area contributed by atoms with E-state index in [4.69, 9.17) is 23.2 Å². The third kappa shape index (κ3) is 4.24. The van der Waals surface area contributed by atoms with Gasteiger partial charge in [0.25, 0.3) is 11.5 Å². The second kappa shape index (κ2) is 9.40. The highest BCUT2D eigenvalue weighted by Crippen LogP contribution is 2.34. The highest BCUT2D eigenvalue weighted by Gasteiger charge is 2.27. The summed E-state index contributed by atoms with van der Waals surface area (Å²) >= 11 is 13.9. The molecule has 9 heteroatoms. The number of fused-ring (bicyclic) bond motifs is 1. The summed E-state index contributed by atoms with van der Waals surface area (Å²) in [5.74, 6) is -0.213. The van der Waals surface area contributed by atoms with Crippen LogP contribution in [0, 0.1) is 25.2 Å². The Morgan fingerprint density at radius 1 is 1.14 bits per heavy atom. The first-order chi connectivity index (χ1) is 17.3. The van der Waals surface area contributed by atoms with Gasteiger partial charge in [0.05, 0.1) is 22.7 Å². The second-order valence-electron chi connectivity index (χ2n) is 8.45. The van der Waals surface area contributed by atoms with Crippen LogP contribution < -0.4 is 10.1 Å². The summed E-state index contributed by atoms with van der Waals surface area (Å²) < 4.78 is 3.55. The highest BCUT2D eigenvalue weighted by atomic mass is 35.5. The molecule has 0 bridgehead atoms. The minimum absolute atomic E-state index is 0.0790. The molecule has 0 atom stereocenters. The average Bonchev–Trinajstić information content (AvgIpc) is 3.26. The number of nitriles is 1. The minimum Gasteiger partial charge on any atom is -0.477 e. The topological polar surface area (TPSA) is 82.3 Å². The lowest BCUT2D eigenvalue weighted by molar-refractivity contribution is -0.671. The summed E-state index contributed by atoms with van der Waals surface area (Å²) in [6.07, 6.45) is 3.31. The van der Waals surface area contributed by atoms with Gasteiger partial charge < -0.3 is 5.11 Å². The number of hydrogen-bond acceptors (Lipinski definition) is 5. The van der Waals surface area contributed by atoms with Crippen molar-refractivity contribution in [2.45, 2.75) is 20.4 Å². The molecule has 0 fully saturated rings. The second-order valence-corrected chi connectivity index (χ2v) is 10.6. The van der Waals surface area contributed by atoms with E-state index in [0.29, 0.717) is 31.8 Å². The molecule has 0 spiro atoms. The number of aryl methyl sites for hydroxylation is 2. The van der Waals surface area contributed by atoms with Crippen LogP contribution in [0.1, 0.15) is 21.6 Å². The van der Waals surface area contributed by atoms with E-state index in [9.17, 15) is 15.2 Å². The Labute approximate surface area is 220 Å². The zero-order chi connectivity index (χ0) is 25.6. The molecular weight excluding hydrogens is 515 g/mol. The molecule has 0 saturated heterocycles. The molecule has 0 unspecified atom stereocenters. The van der Waals surface area contributed by atoms with E-state index < -0.39 is 5.56 Å². The van der Waals surface area contributed by atoms with E-state index >= 15 is 0 Å². The van der Waals surface area contributed by atoms with E-state index in [2.05, 4.69) is 11.1 Å². The first-order valence-corrected chi connectivity index (χ1v) is 12.5. The predicted molar refractivity (Wildman–Crippen MR) is 142 cm³/mol. The average molecular weight is 534 g/mol. The summed E-state index contributed by atoms with van der Waals surface area (Å²) in [7, 11) is 0. The van der Waals surface area contributed by atoms with E-state index in [-0.39, 0.29) is 18.0 Å². The van der Waals surface area contributed by atoms with Crippen molar-refractivity contribution >= 4 is 40.2 Å². The number of benzene rings is 2. The van der Waals surface area contributed by atoms with Gasteiger partial charge in [-0.2, -0.15) is 14.2 Å². The van der Waals surface area contributed by atoms with Crippen LogP contribution in [0.15, 0.2) is 65.7 Å². The summed E-state index contributed by atoms with van der Waals surface area (Å²) in [5, 5.41) is 21.8. The summed E-state index contributed by atoms with van der Waals surface area (Å²) in [4.78, 5) is 18.6. The molecule has 2 aromatic carbocycles. The normalized spacial score (nSPS) is 11.1. The SMILES string of the molecule is Cc1ccc(-c2cc(C#N)cc(-c3c(O)[n+](Cc4cnc(Cl)s4)c4c(C)cccn4c3=O)c2)c(Cl)c1. The van der Waals surface area contributed by atoms with E-state index in [0.717, 1.165) is 21.6 Å². The number of hydrogen-bond donors (Lipinski definition) is 1. The van der Waals surface area contributed by atoms with Crippen LogP contribution in [0.3, 0.4) is 0 Å². The zero-order valence-electron chi connectivity index (χ0n) is 19.3. The third-order valence-corrected chi connectivity index (χ3v) is 7.37. The van der Waals surface area contributed by atoms with Gasteiger partial charge in [0.15, 0.2) is 10.0 Å². The van der Waals surface area contributed by atoms with Crippen molar-refractivity contribution < 1.29 is 9.67 Å². The lowest BCUT2D eigenvalue weighted by Crippen LogP contribution is -2.41. The van der Waals surface area contributed by atoms with Gasteiger partial charge in [0.2, 0.25) is 0 Å². The molecule has 0 aliphatic rings. The van der Waals surface area contributed by atoms with Crippen molar-refractivity contribution in [2.24, 2.45) is 0 Å². The molecular formula is C27H19Cl2N4O2S+. The largest absolute Gasteiger partial charge is 0.477 e. The smallest absolute Gasteiger partial charge is 0.354 e. The fourth-order valence-corrected chi connectivity index (χ4v) is 5.64. The van der Waals surface area contributed by atoms with Crippen molar-refractivity contribution in [1.82, 2.24) is 9.38 Å². The first-order valence-electron chi connectivity index (χ1n) is 11.0. The molecule has 178 valence electrons. The van der Waals surface area contributed by atoms with Gasteiger partial charge in [-0.05, 0) is 66.9 Å². The number of pyridine rings is 1. The molecule has 3 heterocycles. The molecule has 0 saturated carbocycles. The molecule has 6 nitrogen and oxygen atoms in total. The molecule has 5 aromatic rings. The number of halogens is 2. The van der Waals surface area contributed by atoms with Gasteiger partial charge in [-0.1, -0.05) is 35.3 Å². The molecule has 0 aliphatic carbocycles. The monoisotopic (exact) mass is 533 g/mol. The van der Waals surface area contributed by atoms with Gasteiger partial charge >= 0.3 is 5.56 Å². The molecule has 0 radical (unpaired) electrons. The zero-order valence-corrected chi connectivity index (χ0v) is 21.6. The van der Waals surface area contributed by atoms with E-state index in [1.54, 1.807) is 41.2 Å². The lowest BCUT2D eigenvalue weighted by Gasteiger charge is -2.12. The molecule has 0 amide bonds. The van der Waals surface area contributed by atoms with Crippen molar-refractivity contribution in [3.8, 4) is 34.2 Å². The maximum Gasteiger partial charge on any atom is 0.354 e. The maximum atomic E-state index is 13.7. The van der Waals surface area contributed by atoms with Gasteiger partial charge in [-0.25, -0.2) is 9.78 Å². The van der Waals surface area contributed by atoms with Crippen LogP contribution in [0.4, 0.5) is 0 Å². The van der Waals surface area contributed by atoms with Gasteiger partial charge in [0, 0.05) is 22.3 Å². The molecule has 0 aliphatic heterocycles. The van der Waals surface area contributed by atoms with E-state index in [1.807, 2.05) is 38.1 Å². The Morgan fingerprint density at radius 3 is 2.61 bits per heavy atom. The Kier molecular flexibility index (Phi) is 6.27. The number of thiazole rings is 1. The fourth-order valence-electron chi connectivity index (χ4n) is 4.33. The van der Waals surface area contributed by atoms with Crippen molar-refractivity contribution in [3.63, 3.8) is 0 Å². The third-order valence-electron chi connectivity index (χ3n) is 5.96. The van der Waals surface area contributed by atoms with Crippen molar-refractivity contribution in [1.29, 1.82) is 5.26 Å². The Bertz CT molecular complexity index is 1770. The minimum atomic E-state index is -0.402. The summed E-state index contributed by atoms with van der Waals surface area (Å²) in [6, 6.07) is 16.5. The van der Waals surface area contributed by atoms with Crippen LogP contribution in [-0.2, 0) is 6.54 Å². The number of nitrogens with zero attached hydrogens (tertiary/aromatic N) is 4. The number of aromatic hydroxyl groups is 1. The standard InChI is InChI=1S/C27H18Cl2N4O2S/c1-15-5-6-21(22(28)8-15)18-9-17(12-30)10-19(11-18)23-25(34)32-7-3-4-16(2)24(32)33(26(23)35)14-20-13-31-27(29)36-20/h3-11,13H,14H2,1-2H3/p+1. The quantitative estimate of drug-likeness (QED) is 0.290. The Morgan fingerprint density at radius 2 is 1.92 bits per heavy atom. The van der Waals surface area contributed by atoms with Gasteiger partial charge in [-0.15, -0.1) is 11.3 Å². The van der Waals surface area contributed by atoms with Gasteiger partial charge in [0.1, 0.15) is 6.54 Å². The molecule has 3 aromatic heterocycles. The summed E-state index contributed by atoms with van der Waals surface area (Å²) in [6.45, 7) is 4.07. The molecule has 5 rings (SSSR count). The van der Waals surface area contributed by atoms with Gasteiger partial charge in [-0.3, -0.25) is 0 Å². The molecule has 36 heavy (non-hydrogen) atoms. The fraction of sp³-hybridized carbons (Fsp3) is 0.111. The number of rotatable bonds is 4. The number of aromatic nitrogens is 3.